The number of carbonyl (C=O) groups is 2. The van der Waals surface area contributed by atoms with Crippen LogP contribution in [0.1, 0.15) is 39.1 Å². The van der Waals surface area contributed by atoms with Gasteiger partial charge in [-0.25, -0.2) is 0 Å². The molecule has 1 aliphatic heterocycles. The number of nitrogens with one attached hydrogen (secondary N) is 2. The zero-order chi connectivity index (χ0) is 23.3. The van der Waals surface area contributed by atoms with Gasteiger partial charge in [0.2, 0.25) is 0 Å². The summed E-state index contributed by atoms with van der Waals surface area (Å²) in [4.78, 5) is 32.7. The van der Waals surface area contributed by atoms with Crippen LogP contribution in [0.2, 0.25) is 0 Å². The van der Waals surface area contributed by atoms with Crippen molar-refractivity contribution in [1.82, 2.24) is 10.3 Å². The predicted molar refractivity (Wildman–Crippen MR) is 135 cm³/mol. The Hall–Kier alpha value is -4.19. The fourth-order valence-corrected chi connectivity index (χ4v) is 4.43. The first-order chi connectivity index (χ1) is 16.7. The van der Waals surface area contributed by atoms with Gasteiger partial charge in [-0.2, -0.15) is 0 Å². The van der Waals surface area contributed by atoms with Crippen molar-refractivity contribution in [3.8, 4) is 0 Å². The van der Waals surface area contributed by atoms with Gasteiger partial charge in [0.05, 0.1) is 5.56 Å². The summed E-state index contributed by atoms with van der Waals surface area (Å²) in [6.45, 7) is 2.23. The Morgan fingerprint density at radius 1 is 0.853 bits per heavy atom. The van der Waals surface area contributed by atoms with Gasteiger partial charge in [0.25, 0.3) is 11.8 Å². The van der Waals surface area contributed by atoms with Gasteiger partial charge in [-0.05, 0) is 59.5 Å². The van der Waals surface area contributed by atoms with Crippen LogP contribution in [0.4, 0.5) is 11.4 Å². The first kappa shape index (κ1) is 21.6. The summed E-state index contributed by atoms with van der Waals surface area (Å²) in [5.74, 6) is -0.376. The number of fused-ring (bicyclic) bond motifs is 1. The first-order valence-corrected chi connectivity index (χ1v) is 11.5. The van der Waals surface area contributed by atoms with E-state index < -0.39 is 0 Å². The lowest BCUT2D eigenvalue weighted by molar-refractivity contribution is 0.0950. The summed E-state index contributed by atoms with van der Waals surface area (Å²) < 4.78 is 0. The number of hydrogen-bond donors (Lipinski definition) is 2. The SMILES string of the molecule is O=C(NCc1cccnc1)c1cc(NC(=O)c2cccc3ccccc23)ccc1N1CCCC1. The second-order valence-electron chi connectivity index (χ2n) is 8.45. The molecule has 6 nitrogen and oxygen atoms in total. The summed E-state index contributed by atoms with van der Waals surface area (Å²) in [6.07, 6.45) is 5.66. The van der Waals surface area contributed by atoms with Gasteiger partial charge in [0, 0.05) is 49.0 Å². The standard InChI is InChI=1S/C28H26N4O2/c33-27(30-19-20-7-6-14-29-18-20)25-17-22(12-13-26(25)32-15-3-4-16-32)31-28(34)24-11-5-9-21-8-1-2-10-23(21)24/h1-2,5-14,17-18H,3-4,15-16,19H2,(H,30,33)(H,31,34). The van der Waals surface area contributed by atoms with E-state index >= 15 is 0 Å². The van der Waals surface area contributed by atoms with E-state index in [1.165, 1.54) is 0 Å². The van der Waals surface area contributed by atoms with Crippen LogP contribution in [-0.4, -0.2) is 29.9 Å². The monoisotopic (exact) mass is 450 g/mol. The number of aromatic nitrogens is 1. The van der Waals surface area contributed by atoms with E-state index in [4.69, 9.17) is 0 Å². The van der Waals surface area contributed by atoms with Crippen LogP contribution in [0.15, 0.2) is 85.2 Å². The molecule has 0 aliphatic carbocycles. The molecule has 4 aromatic rings. The molecule has 0 unspecified atom stereocenters. The smallest absolute Gasteiger partial charge is 0.256 e. The topological polar surface area (TPSA) is 74.3 Å². The minimum absolute atomic E-state index is 0.174. The lowest BCUT2D eigenvalue weighted by Crippen LogP contribution is -2.27. The Morgan fingerprint density at radius 3 is 2.50 bits per heavy atom. The fourth-order valence-electron chi connectivity index (χ4n) is 4.43. The Labute approximate surface area is 198 Å². The van der Waals surface area contributed by atoms with Crippen LogP contribution in [-0.2, 0) is 6.54 Å². The van der Waals surface area contributed by atoms with Crippen LogP contribution in [0.3, 0.4) is 0 Å². The molecule has 3 aromatic carbocycles. The lowest BCUT2D eigenvalue weighted by atomic mass is 10.0. The van der Waals surface area contributed by atoms with Gasteiger partial charge < -0.3 is 15.5 Å². The highest BCUT2D eigenvalue weighted by molar-refractivity contribution is 6.13. The molecule has 1 saturated heterocycles. The van der Waals surface area contributed by atoms with Gasteiger partial charge in [-0.3, -0.25) is 14.6 Å². The highest BCUT2D eigenvalue weighted by Crippen LogP contribution is 2.28. The molecular formula is C28H26N4O2. The van der Waals surface area contributed by atoms with Crippen LogP contribution in [0.25, 0.3) is 10.8 Å². The third kappa shape index (κ3) is 4.62. The van der Waals surface area contributed by atoms with Gasteiger partial charge >= 0.3 is 0 Å². The van der Waals surface area contributed by atoms with E-state index in [1.54, 1.807) is 18.5 Å². The van der Waals surface area contributed by atoms with Crippen LogP contribution in [0, 0.1) is 0 Å². The van der Waals surface area contributed by atoms with Crippen LogP contribution in [0.5, 0.6) is 0 Å². The Balaban J connectivity index is 1.41. The predicted octanol–water partition coefficient (Wildman–Crippen LogP) is 5.02. The highest BCUT2D eigenvalue weighted by atomic mass is 16.2. The molecule has 0 radical (unpaired) electrons. The number of carbonyl (C=O) groups excluding carboxylic acids is 2. The van der Waals surface area contributed by atoms with Crippen molar-refractivity contribution >= 4 is 34.0 Å². The van der Waals surface area contributed by atoms with Crippen molar-refractivity contribution in [3.63, 3.8) is 0 Å². The van der Waals surface area contributed by atoms with Crippen LogP contribution >= 0.6 is 0 Å². The number of anilines is 2. The number of rotatable bonds is 6. The molecule has 170 valence electrons. The zero-order valence-electron chi connectivity index (χ0n) is 18.8. The Morgan fingerprint density at radius 2 is 1.68 bits per heavy atom. The third-order valence-corrected chi connectivity index (χ3v) is 6.16. The van der Waals surface area contributed by atoms with E-state index in [0.717, 1.165) is 48.0 Å². The molecule has 5 rings (SSSR count). The molecule has 2 amide bonds. The average molecular weight is 451 g/mol. The molecular weight excluding hydrogens is 424 g/mol. The normalized spacial score (nSPS) is 13.1. The minimum atomic E-state index is -0.201. The van der Waals surface area contributed by atoms with Crippen molar-refractivity contribution in [1.29, 1.82) is 0 Å². The van der Waals surface area contributed by atoms with Gasteiger partial charge in [-0.1, -0.05) is 42.5 Å². The van der Waals surface area contributed by atoms with E-state index in [9.17, 15) is 9.59 Å². The molecule has 0 atom stereocenters. The molecule has 34 heavy (non-hydrogen) atoms. The lowest BCUT2D eigenvalue weighted by Gasteiger charge is -2.22. The first-order valence-electron chi connectivity index (χ1n) is 11.5. The fraction of sp³-hybridized carbons (Fsp3) is 0.179. The molecule has 0 bridgehead atoms. The molecule has 1 aromatic heterocycles. The third-order valence-electron chi connectivity index (χ3n) is 6.16. The minimum Gasteiger partial charge on any atom is -0.371 e. The maximum Gasteiger partial charge on any atom is 0.256 e. The summed E-state index contributed by atoms with van der Waals surface area (Å²) in [5.41, 5.74) is 3.57. The van der Waals surface area contributed by atoms with Gasteiger partial charge in [0.15, 0.2) is 0 Å². The summed E-state index contributed by atoms with van der Waals surface area (Å²) in [7, 11) is 0. The van der Waals surface area contributed by atoms with Crippen molar-refractivity contribution < 1.29 is 9.59 Å². The largest absolute Gasteiger partial charge is 0.371 e. The van der Waals surface area contributed by atoms with Crippen molar-refractivity contribution in [2.45, 2.75) is 19.4 Å². The van der Waals surface area contributed by atoms with E-state index in [2.05, 4.69) is 20.5 Å². The Bertz CT molecular complexity index is 1330. The van der Waals surface area contributed by atoms with Crippen molar-refractivity contribution in [3.05, 3.63) is 102 Å². The maximum atomic E-state index is 13.2. The van der Waals surface area contributed by atoms with Crippen molar-refractivity contribution in [2.24, 2.45) is 0 Å². The van der Waals surface area contributed by atoms with E-state index in [1.807, 2.05) is 66.7 Å². The zero-order valence-corrected chi connectivity index (χ0v) is 18.8. The van der Waals surface area contributed by atoms with Crippen LogP contribution < -0.4 is 15.5 Å². The summed E-state index contributed by atoms with van der Waals surface area (Å²) in [5, 5.41) is 7.89. The highest BCUT2D eigenvalue weighted by Gasteiger charge is 2.21. The van der Waals surface area contributed by atoms with Gasteiger partial charge in [0.1, 0.15) is 0 Å². The molecule has 6 heteroatoms. The molecule has 1 aliphatic rings. The second-order valence-corrected chi connectivity index (χ2v) is 8.45. The summed E-state index contributed by atoms with van der Waals surface area (Å²) in [6, 6.07) is 22.8. The van der Waals surface area contributed by atoms with Crippen molar-refractivity contribution in [2.75, 3.05) is 23.3 Å². The van der Waals surface area contributed by atoms with E-state index in [0.29, 0.717) is 23.4 Å². The number of benzene rings is 3. The summed E-state index contributed by atoms with van der Waals surface area (Å²) >= 11 is 0. The molecule has 2 heterocycles. The maximum absolute atomic E-state index is 13.2. The number of nitrogens with zero attached hydrogens (tertiary/aromatic N) is 2. The average Bonchev–Trinajstić information content (AvgIpc) is 3.42. The number of amides is 2. The number of hydrogen-bond acceptors (Lipinski definition) is 4. The quantitative estimate of drug-likeness (QED) is 0.433. The number of pyridine rings is 1. The Kier molecular flexibility index (Phi) is 6.21. The molecule has 0 spiro atoms. The molecule has 0 saturated carbocycles. The second kappa shape index (κ2) is 9.75. The van der Waals surface area contributed by atoms with Gasteiger partial charge in [-0.15, -0.1) is 0 Å². The molecule has 2 N–H and O–H groups in total. The molecule has 1 fully saturated rings. The van der Waals surface area contributed by atoms with E-state index in [-0.39, 0.29) is 11.8 Å².